The van der Waals surface area contributed by atoms with Crippen LogP contribution in [0.1, 0.15) is 56.0 Å². The maximum absolute atomic E-state index is 11.8. The zero-order valence-electron chi connectivity index (χ0n) is 23.8. The number of carbonyl (C=O) groups is 3. The van der Waals surface area contributed by atoms with E-state index >= 15 is 0 Å². The second-order valence-corrected chi connectivity index (χ2v) is 10.2. The van der Waals surface area contributed by atoms with Gasteiger partial charge in [0.15, 0.2) is 6.29 Å². The van der Waals surface area contributed by atoms with Gasteiger partial charge in [-0.05, 0) is 95.2 Å². The maximum Gasteiger partial charge on any atom is 0.251 e. The number of hydrogen-bond donors (Lipinski definition) is 5. The van der Waals surface area contributed by atoms with Crippen LogP contribution >= 0.6 is 11.6 Å². The highest BCUT2D eigenvalue weighted by Gasteiger charge is 2.09. The van der Waals surface area contributed by atoms with Crippen molar-refractivity contribution in [2.75, 3.05) is 39.9 Å². The van der Waals surface area contributed by atoms with Gasteiger partial charge >= 0.3 is 0 Å². The number of nitrogens with two attached hydrogens (primary N) is 1. The number of nitrogens with one attached hydrogen (secondary N) is 4. The summed E-state index contributed by atoms with van der Waals surface area (Å²) < 4.78 is 10.7. The smallest absolute Gasteiger partial charge is 0.251 e. The molecule has 11 heteroatoms. The number of aldehydes is 1. The fourth-order valence-corrected chi connectivity index (χ4v) is 3.39. The molecule has 0 spiro atoms. The number of benzene rings is 2. The van der Waals surface area contributed by atoms with Crippen molar-refractivity contribution in [2.45, 2.75) is 45.6 Å². The molecule has 0 aromatic heterocycles. The lowest BCUT2D eigenvalue weighted by Gasteiger charge is -2.20. The number of carbonyl (C=O) groups excluding carboxylic acids is 3. The molecule has 2 rings (SSSR count). The third-order valence-corrected chi connectivity index (χ3v) is 5.53. The molecule has 40 heavy (non-hydrogen) atoms. The van der Waals surface area contributed by atoms with Crippen LogP contribution in [0.5, 0.6) is 11.5 Å². The van der Waals surface area contributed by atoms with Crippen molar-refractivity contribution in [1.29, 1.82) is 5.41 Å². The molecular formula is C29H42ClN5O5. The lowest BCUT2D eigenvalue weighted by molar-refractivity contribution is -0.117. The molecule has 0 radical (unpaired) electrons. The number of rotatable bonds is 16. The standard InChI is InChI=1S/C17H29N3O2.C12H13ClN2O3/c1-17(2,3)20-10-5-13-22-15-8-6-14(7-9-15)16(21)19-12-11-18-4;13-9-7-8(10(14)2-4-12(15)17)1-3-11(9)18-6-5-16/h6-9,18,20H,5,10-13H2,1-4H3,(H,19,21);1,3,5,7,14H,2,4,6H2,(H2,15,17). The monoisotopic (exact) mass is 575 g/mol. The molecule has 0 fully saturated rings. The summed E-state index contributed by atoms with van der Waals surface area (Å²) in [5.74, 6) is 0.672. The number of hydrogen-bond acceptors (Lipinski definition) is 8. The molecule has 0 saturated heterocycles. The van der Waals surface area contributed by atoms with Crippen LogP contribution in [-0.4, -0.2) is 69.2 Å². The van der Waals surface area contributed by atoms with Crippen LogP contribution in [0.25, 0.3) is 0 Å². The highest BCUT2D eigenvalue weighted by atomic mass is 35.5. The molecule has 0 unspecified atom stereocenters. The summed E-state index contributed by atoms with van der Waals surface area (Å²) >= 11 is 5.94. The van der Waals surface area contributed by atoms with Gasteiger partial charge in [0.25, 0.3) is 5.91 Å². The Labute approximate surface area is 241 Å². The summed E-state index contributed by atoms with van der Waals surface area (Å²) in [6.45, 7) is 9.34. The third-order valence-electron chi connectivity index (χ3n) is 5.23. The van der Waals surface area contributed by atoms with Crippen molar-refractivity contribution < 1.29 is 23.9 Å². The van der Waals surface area contributed by atoms with Gasteiger partial charge in [0, 0.05) is 36.3 Å². The lowest BCUT2D eigenvalue weighted by Crippen LogP contribution is -2.36. The highest BCUT2D eigenvalue weighted by molar-refractivity contribution is 6.32. The topological polar surface area (TPSA) is 156 Å². The minimum atomic E-state index is -0.447. The van der Waals surface area contributed by atoms with Gasteiger partial charge in [0.2, 0.25) is 5.91 Å². The van der Waals surface area contributed by atoms with Crippen LogP contribution in [0.15, 0.2) is 42.5 Å². The molecule has 0 saturated carbocycles. The van der Waals surface area contributed by atoms with E-state index in [4.69, 9.17) is 32.2 Å². The Bertz CT molecular complexity index is 1090. The van der Waals surface area contributed by atoms with Gasteiger partial charge < -0.3 is 36.6 Å². The first-order valence-corrected chi connectivity index (χ1v) is 13.5. The average molecular weight is 576 g/mol. The molecule has 0 atom stereocenters. The lowest BCUT2D eigenvalue weighted by atomic mass is 10.1. The van der Waals surface area contributed by atoms with Crippen LogP contribution in [0.2, 0.25) is 5.02 Å². The fraction of sp³-hybridized carbons (Fsp3) is 0.448. The third kappa shape index (κ3) is 15.2. The molecule has 2 aromatic rings. The average Bonchev–Trinajstić information content (AvgIpc) is 2.91. The van der Waals surface area contributed by atoms with Crippen LogP contribution in [0, 0.1) is 5.41 Å². The van der Waals surface area contributed by atoms with Crippen LogP contribution in [-0.2, 0) is 9.59 Å². The van der Waals surface area contributed by atoms with Gasteiger partial charge in [-0.15, -0.1) is 0 Å². The second kappa shape index (κ2) is 18.8. The van der Waals surface area contributed by atoms with E-state index in [9.17, 15) is 14.4 Å². The molecular weight excluding hydrogens is 534 g/mol. The molecule has 10 nitrogen and oxygen atoms in total. The Balaban J connectivity index is 0.000000408. The first-order chi connectivity index (χ1) is 19.0. The van der Waals surface area contributed by atoms with E-state index in [0.717, 1.165) is 25.3 Å². The molecule has 2 aromatic carbocycles. The SMILES string of the molecule is CNCCNC(=O)c1ccc(OCCCNC(C)(C)C)cc1.N=C(CCC(N)=O)c1ccc(OCC=O)c(Cl)c1. The van der Waals surface area contributed by atoms with Gasteiger partial charge in [-0.1, -0.05) is 11.6 Å². The predicted molar refractivity (Wildman–Crippen MR) is 159 cm³/mol. The minimum absolute atomic E-state index is 0.0591. The van der Waals surface area contributed by atoms with Crippen molar-refractivity contribution in [3.63, 3.8) is 0 Å². The van der Waals surface area contributed by atoms with Gasteiger partial charge in [-0.25, -0.2) is 0 Å². The normalized spacial score (nSPS) is 10.6. The van der Waals surface area contributed by atoms with E-state index in [2.05, 4.69) is 36.7 Å². The van der Waals surface area contributed by atoms with E-state index in [0.29, 0.717) is 41.3 Å². The number of amides is 2. The second-order valence-electron chi connectivity index (χ2n) is 9.83. The Morgan fingerprint density at radius 2 is 1.68 bits per heavy atom. The number of likely N-dealkylation sites (N-methyl/N-ethyl adjacent to an activating group) is 1. The maximum atomic E-state index is 11.8. The molecule has 0 aliphatic rings. The van der Waals surface area contributed by atoms with Crippen molar-refractivity contribution >= 4 is 35.4 Å². The first kappa shape index (κ1) is 34.6. The molecule has 0 heterocycles. The molecule has 6 N–H and O–H groups in total. The predicted octanol–water partition coefficient (Wildman–Crippen LogP) is 3.34. The van der Waals surface area contributed by atoms with E-state index in [-0.39, 0.29) is 36.6 Å². The van der Waals surface area contributed by atoms with Crippen LogP contribution in [0.3, 0.4) is 0 Å². The zero-order valence-corrected chi connectivity index (χ0v) is 24.5. The van der Waals surface area contributed by atoms with Gasteiger partial charge in [-0.2, -0.15) is 0 Å². The first-order valence-electron chi connectivity index (χ1n) is 13.1. The van der Waals surface area contributed by atoms with E-state index in [1.807, 2.05) is 19.2 Å². The summed E-state index contributed by atoms with van der Waals surface area (Å²) in [5.41, 5.74) is 6.68. The minimum Gasteiger partial charge on any atom is -0.494 e. The molecule has 0 aliphatic carbocycles. The Morgan fingerprint density at radius 3 is 2.25 bits per heavy atom. The van der Waals surface area contributed by atoms with Crippen molar-refractivity contribution in [2.24, 2.45) is 5.73 Å². The van der Waals surface area contributed by atoms with Crippen LogP contribution < -0.4 is 31.2 Å². The van der Waals surface area contributed by atoms with Crippen molar-refractivity contribution in [3.05, 3.63) is 58.6 Å². The van der Waals surface area contributed by atoms with Crippen LogP contribution in [0.4, 0.5) is 0 Å². The number of ether oxygens (including phenoxy) is 2. The highest BCUT2D eigenvalue weighted by Crippen LogP contribution is 2.26. The van der Waals surface area contributed by atoms with Crippen molar-refractivity contribution in [3.8, 4) is 11.5 Å². The Hall–Kier alpha value is -3.47. The van der Waals surface area contributed by atoms with Crippen molar-refractivity contribution in [1.82, 2.24) is 16.0 Å². The van der Waals surface area contributed by atoms with Gasteiger partial charge in [-0.3, -0.25) is 14.4 Å². The largest absolute Gasteiger partial charge is 0.494 e. The quantitative estimate of drug-likeness (QED) is 0.117. The molecule has 0 aliphatic heterocycles. The summed E-state index contributed by atoms with van der Waals surface area (Å²) in [4.78, 5) is 32.6. The summed E-state index contributed by atoms with van der Waals surface area (Å²) in [7, 11) is 1.86. The van der Waals surface area contributed by atoms with E-state index < -0.39 is 5.91 Å². The van der Waals surface area contributed by atoms with Gasteiger partial charge in [0.1, 0.15) is 18.1 Å². The van der Waals surface area contributed by atoms with E-state index in [1.165, 1.54) is 0 Å². The summed E-state index contributed by atoms with van der Waals surface area (Å²) in [6, 6.07) is 12.0. The van der Waals surface area contributed by atoms with E-state index in [1.54, 1.807) is 30.3 Å². The number of primary amides is 1. The molecule has 220 valence electrons. The molecule has 0 bridgehead atoms. The summed E-state index contributed by atoms with van der Waals surface area (Å²) in [5, 5.41) is 17.3. The van der Waals surface area contributed by atoms with Gasteiger partial charge in [0.05, 0.1) is 11.6 Å². The Kier molecular flexibility index (Phi) is 16.2. The molecule has 2 amide bonds. The fourth-order valence-electron chi connectivity index (χ4n) is 3.15. The number of halogens is 1. The Morgan fingerprint density at radius 1 is 1.00 bits per heavy atom. The zero-order chi connectivity index (χ0) is 30.0. The summed E-state index contributed by atoms with van der Waals surface area (Å²) in [6.07, 6.45) is 1.96.